The first-order chi connectivity index (χ1) is 15.6. The number of nitrogen functional groups attached to an aromatic ring is 1. The summed E-state index contributed by atoms with van der Waals surface area (Å²) in [5.41, 5.74) is 5.50. The summed E-state index contributed by atoms with van der Waals surface area (Å²) in [6.07, 6.45) is -1.47. The Morgan fingerprint density at radius 1 is 0.879 bits per heavy atom. The van der Waals surface area contributed by atoms with E-state index < -0.39 is 30.1 Å². The molecular weight excluding hydrogens is 437 g/mol. The standard InChI is InChI=1S/C23H25F3N4O3/c24-23(25,26)16-5-3-4-15(12-16)21(32)28-13-20(31)29-18-6-1-2-7-19(18)30-22(33)14-8-10-17(27)11-9-14/h3-5,8-12,18-19H,1-2,6-7,13,27H2,(H,28,32)(H,29,31)(H,30,33)/t18-,19+/m0/s1. The summed E-state index contributed by atoms with van der Waals surface area (Å²) in [6.45, 7) is -0.399. The molecule has 1 saturated carbocycles. The molecule has 33 heavy (non-hydrogen) atoms. The molecule has 0 bridgehead atoms. The first-order valence-electron chi connectivity index (χ1n) is 10.5. The van der Waals surface area contributed by atoms with Crippen molar-refractivity contribution in [1.82, 2.24) is 16.0 Å². The van der Waals surface area contributed by atoms with E-state index in [0.717, 1.165) is 31.0 Å². The molecule has 0 aromatic heterocycles. The Morgan fingerprint density at radius 3 is 2.15 bits per heavy atom. The van der Waals surface area contributed by atoms with Crippen LogP contribution < -0.4 is 21.7 Å². The van der Waals surface area contributed by atoms with Crippen LogP contribution in [0.25, 0.3) is 0 Å². The summed E-state index contributed by atoms with van der Waals surface area (Å²) < 4.78 is 38.5. The third-order valence-electron chi connectivity index (χ3n) is 5.46. The molecule has 0 unspecified atom stereocenters. The first-order valence-corrected chi connectivity index (χ1v) is 10.5. The number of hydrogen-bond donors (Lipinski definition) is 4. The summed E-state index contributed by atoms with van der Waals surface area (Å²) in [5.74, 6) is -1.55. The SMILES string of the molecule is Nc1ccc(C(=O)N[C@@H]2CCCC[C@@H]2NC(=O)CNC(=O)c2cccc(C(F)(F)F)c2)cc1. The van der Waals surface area contributed by atoms with Crippen molar-refractivity contribution < 1.29 is 27.6 Å². The molecule has 1 fully saturated rings. The fraction of sp³-hybridized carbons (Fsp3) is 0.348. The zero-order chi connectivity index (χ0) is 24.0. The number of nitrogens with one attached hydrogen (secondary N) is 3. The number of carbonyl (C=O) groups is 3. The van der Waals surface area contributed by atoms with E-state index in [1.807, 2.05) is 0 Å². The van der Waals surface area contributed by atoms with Crippen LogP contribution in [0.3, 0.4) is 0 Å². The molecule has 0 aliphatic heterocycles. The Hall–Kier alpha value is -3.56. The zero-order valence-corrected chi connectivity index (χ0v) is 17.7. The Kier molecular flexibility index (Phi) is 7.57. The largest absolute Gasteiger partial charge is 0.416 e. The highest BCUT2D eigenvalue weighted by atomic mass is 19.4. The molecule has 5 N–H and O–H groups in total. The average molecular weight is 462 g/mol. The van der Waals surface area contributed by atoms with Crippen LogP contribution in [0.1, 0.15) is 52.0 Å². The number of nitrogens with two attached hydrogens (primary N) is 1. The minimum absolute atomic E-state index is 0.191. The lowest BCUT2D eigenvalue weighted by atomic mass is 9.90. The van der Waals surface area contributed by atoms with Crippen molar-refractivity contribution in [1.29, 1.82) is 0 Å². The maximum atomic E-state index is 12.8. The number of halogens is 3. The molecule has 0 heterocycles. The van der Waals surface area contributed by atoms with Gasteiger partial charge in [-0.2, -0.15) is 13.2 Å². The molecule has 2 atom stereocenters. The Balaban J connectivity index is 1.54. The molecule has 2 aromatic carbocycles. The van der Waals surface area contributed by atoms with Gasteiger partial charge in [0.1, 0.15) is 0 Å². The third kappa shape index (κ3) is 6.71. The lowest BCUT2D eigenvalue weighted by Gasteiger charge is -2.33. The highest BCUT2D eigenvalue weighted by Gasteiger charge is 2.31. The molecule has 0 saturated heterocycles. The average Bonchev–Trinajstić information content (AvgIpc) is 2.78. The smallest absolute Gasteiger partial charge is 0.399 e. The molecular formula is C23H25F3N4O3. The van der Waals surface area contributed by atoms with Crippen molar-refractivity contribution in [3.05, 3.63) is 65.2 Å². The van der Waals surface area contributed by atoms with Gasteiger partial charge in [0.25, 0.3) is 11.8 Å². The maximum Gasteiger partial charge on any atom is 0.416 e. The minimum atomic E-state index is -4.57. The van der Waals surface area contributed by atoms with Gasteiger partial charge in [-0.1, -0.05) is 18.9 Å². The predicted octanol–water partition coefficient (Wildman–Crippen LogP) is 2.87. The van der Waals surface area contributed by atoms with Crippen LogP contribution in [0.2, 0.25) is 0 Å². The van der Waals surface area contributed by atoms with Crippen LogP contribution in [-0.4, -0.2) is 36.3 Å². The van der Waals surface area contributed by atoms with Gasteiger partial charge in [0, 0.05) is 28.9 Å². The van der Waals surface area contributed by atoms with Gasteiger partial charge in [0.2, 0.25) is 5.91 Å². The van der Waals surface area contributed by atoms with Crippen molar-refractivity contribution in [3.8, 4) is 0 Å². The second-order valence-corrected chi connectivity index (χ2v) is 7.92. The lowest BCUT2D eigenvalue weighted by Crippen LogP contribution is -2.54. The molecule has 7 nitrogen and oxygen atoms in total. The number of carbonyl (C=O) groups excluding carboxylic acids is 3. The number of benzene rings is 2. The van der Waals surface area contributed by atoms with Crippen LogP contribution in [0, 0.1) is 0 Å². The topological polar surface area (TPSA) is 113 Å². The fourth-order valence-electron chi connectivity index (χ4n) is 3.72. The van der Waals surface area contributed by atoms with Crippen LogP contribution in [0.15, 0.2) is 48.5 Å². The molecule has 0 radical (unpaired) electrons. The number of rotatable bonds is 6. The van der Waals surface area contributed by atoms with Crippen LogP contribution in [-0.2, 0) is 11.0 Å². The fourth-order valence-corrected chi connectivity index (χ4v) is 3.72. The summed E-state index contributed by atoms with van der Waals surface area (Å²) in [6, 6.07) is 9.85. The van der Waals surface area contributed by atoms with Gasteiger partial charge in [-0.05, 0) is 55.3 Å². The van der Waals surface area contributed by atoms with E-state index >= 15 is 0 Å². The Bertz CT molecular complexity index is 1010. The van der Waals surface area contributed by atoms with E-state index in [2.05, 4.69) is 16.0 Å². The third-order valence-corrected chi connectivity index (χ3v) is 5.46. The summed E-state index contributed by atoms with van der Waals surface area (Å²) in [4.78, 5) is 37.1. The molecule has 1 aliphatic rings. The number of hydrogen-bond acceptors (Lipinski definition) is 4. The van der Waals surface area contributed by atoms with Crippen molar-refractivity contribution in [2.24, 2.45) is 0 Å². The van der Waals surface area contributed by atoms with Gasteiger partial charge >= 0.3 is 6.18 Å². The van der Waals surface area contributed by atoms with Crippen LogP contribution in [0.5, 0.6) is 0 Å². The molecule has 10 heteroatoms. The zero-order valence-electron chi connectivity index (χ0n) is 17.7. The highest BCUT2D eigenvalue weighted by molar-refractivity contribution is 5.97. The quantitative estimate of drug-likeness (QED) is 0.495. The van der Waals surface area contributed by atoms with E-state index in [9.17, 15) is 27.6 Å². The van der Waals surface area contributed by atoms with Crippen molar-refractivity contribution in [2.75, 3.05) is 12.3 Å². The van der Waals surface area contributed by atoms with E-state index in [1.165, 1.54) is 6.07 Å². The molecule has 176 valence electrons. The van der Waals surface area contributed by atoms with Crippen molar-refractivity contribution in [3.63, 3.8) is 0 Å². The van der Waals surface area contributed by atoms with Gasteiger partial charge < -0.3 is 21.7 Å². The summed E-state index contributed by atoms with van der Waals surface area (Å²) in [7, 11) is 0. The second-order valence-electron chi connectivity index (χ2n) is 7.92. The summed E-state index contributed by atoms with van der Waals surface area (Å²) >= 11 is 0. The number of anilines is 1. The maximum absolute atomic E-state index is 12.8. The van der Waals surface area contributed by atoms with Crippen LogP contribution in [0.4, 0.5) is 18.9 Å². The van der Waals surface area contributed by atoms with Gasteiger partial charge in [0.15, 0.2) is 0 Å². The minimum Gasteiger partial charge on any atom is -0.399 e. The van der Waals surface area contributed by atoms with Crippen molar-refractivity contribution >= 4 is 23.4 Å². The molecule has 2 aromatic rings. The van der Waals surface area contributed by atoms with E-state index in [-0.39, 0.29) is 23.6 Å². The number of amides is 3. The molecule has 3 amide bonds. The van der Waals surface area contributed by atoms with E-state index in [0.29, 0.717) is 24.1 Å². The van der Waals surface area contributed by atoms with Gasteiger partial charge in [0.05, 0.1) is 12.1 Å². The normalized spacial score (nSPS) is 18.3. The molecule has 3 rings (SSSR count). The predicted molar refractivity (Wildman–Crippen MR) is 116 cm³/mol. The van der Waals surface area contributed by atoms with Crippen molar-refractivity contribution in [2.45, 2.75) is 43.9 Å². The van der Waals surface area contributed by atoms with E-state index in [4.69, 9.17) is 5.73 Å². The highest BCUT2D eigenvalue weighted by Crippen LogP contribution is 2.29. The molecule has 1 aliphatic carbocycles. The first kappa shape index (κ1) is 24.1. The van der Waals surface area contributed by atoms with Gasteiger partial charge in [-0.15, -0.1) is 0 Å². The second kappa shape index (κ2) is 10.4. The monoisotopic (exact) mass is 462 g/mol. The van der Waals surface area contributed by atoms with Crippen LogP contribution >= 0.6 is 0 Å². The summed E-state index contributed by atoms with van der Waals surface area (Å²) in [5, 5.41) is 8.08. The van der Waals surface area contributed by atoms with E-state index in [1.54, 1.807) is 24.3 Å². The van der Waals surface area contributed by atoms with Gasteiger partial charge in [-0.25, -0.2) is 0 Å². The Morgan fingerprint density at radius 2 is 1.52 bits per heavy atom. The lowest BCUT2D eigenvalue weighted by molar-refractivity contribution is -0.137. The molecule has 0 spiro atoms. The number of alkyl halides is 3. The Labute approximate surface area is 188 Å². The van der Waals surface area contributed by atoms with Gasteiger partial charge in [-0.3, -0.25) is 14.4 Å².